The summed E-state index contributed by atoms with van der Waals surface area (Å²) in [5, 5.41) is 3.18. The summed E-state index contributed by atoms with van der Waals surface area (Å²) in [6.45, 7) is 8.51. The van der Waals surface area contributed by atoms with Crippen molar-refractivity contribution in [3.8, 4) is 5.75 Å². The third-order valence-electron chi connectivity index (χ3n) is 3.71. The Hall–Kier alpha value is -0.690. The molecular formula is C17H27Cl2F3N2O. The normalized spacial score (nSPS) is 17.2. The molecule has 1 N–H and O–H groups in total. The SMILES string of the molecule is CC(C)(C)Oc1ccc([C@@H](CC(F)(F)F)N2CCNCC2)cc1.Cl.Cl. The summed E-state index contributed by atoms with van der Waals surface area (Å²) in [6, 6.07) is 6.37. The molecule has 1 aliphatic heterocycles. The first-order valence-corrected chi connectivity index (χ1v) is 7.94. The highest BCUT2D eigenvalue weighted by molar-refractivity contribution is 5.85. The van der Waals surface area contributed by atoms with Crippen LogP contribution in [-0.4, -0.2) is 42.9 Å². The second kappa shape index (κ2) is 9.86. The van der Waals surface area contributed by atoms with E-state index < -0.39 is 18.6 Å². The molecule has 0 saturated carbocycles. The molecule has 1 heterocycles. The van der Waals surface area contributed by atoms with Crippen LogP contribution in [0.3, 0.4) is 0 Å². The molecule has 25 heavy (non-hydrogen) atoms. The van der Waals surface area contributed by atoms with Crippen LogP contribution in [0.15, 0.2) is 24.3 Å². The summed E-state index contributed by atoms with van der Waals surface area (Å²) in [6.07, 6.45) is -5.01. The molecule has 146 valence electrons. The van der Waals surface area contributed by atoms with Crippen LogP contribution in [0.2, 0.25) is 0 Å². The Morgan fingerprint density at radius 2 is 1.56 bits per heavy atom. The lowest BCUT2D eigenvalue weighted by atomic mass is 10.0. The first-order chi connectivity index (χ1) is 10.6. The van der Waals surface area contributed by atoms with Crippen LogP contribution in [-0.2, 0) is 0 Å². The zero-order valence-corrected chi connectivity index (χ0v) is 16.4. The van der Waals surface area contributed by atoms with Crippen LogP contribution in [0.25, 0.3) is 0 Å². The molecule has 1 aromatic rings. The van der Waals surface area contributed by atoms with Crippen molar-refractivity contribution in [2.45, 2.75) is 45.0 Å². The Balaban J connectivity index is 0.00000288. The molecule has 1 aliphatic rings. The van der Waals surface area contributed by atoms with E-state index >= 15 is 0 Å². The molecule has 0 radical (unpaired) electrons. The molecule has 8 heteroatoms. The van der Waals surface area contributed by atoms with E-state index in [1.807, 2.05) is 25.7 Å². The van der Waals surface area contributed by atoms with E-state index in [4.69, 9.17) is 4.74 Å². The van der Waals surface area contributed by atoms with Crippen LogP contribution < -0.4 is 10.1 Å². The average Bonchev–Trinajstić information content (AvgIpc) is 2.44. The smallest absolute Gasteiger partial charge is 0.390 e. The largest absolute Gasteiger partial charge is 0.488 e. The van der Waals surface area contributed by atoms with Gasteiger partial charge in [-0.1, -0.05) is 12.1 Å². The molecule has 1 atom stereocenters. The molecule has 0 bridgehead atoms. The number of ether oxygens (including phenoxy) is 1. The number of nitrogens with one attached hydrogen (secondary N) is 1. The van der Waals surface area contributed by atoms with Crippen LogP contribution in [0.1, 0.15) is 38.8 Å². The fourth-order valence-electron chi connectivity index (χ4n) is 2.78. The number of halogens is 5. The fraction of sp³-hybridized carbons (Fsp3) is 0.647. The molecule has 1 aromatic carbocycles. The van der Waals surface area contributed by atoms with Gasteiger partial charge in [0.2, 0.25) is 0 Å². The fourth-order valence-corrected chi connectivity index (χ4v) is 2.78. The van der Waals surface area contributed by atoms with E-state index in [1.165, 1.54) is 0 Å². The van der Waals surface area contributed by atoms with Gasteiger partial charge >= 0.3 is 6.18 Å². The minimum Gasteiger partial charge on any atom is -0.488 e. The summed E-state index contributed by atoms with van der Waals surface area (Å²) in [5.41, 5.74) is 0.358. The molecule has 0 aromatic heterocycles. The number of rotatable bonds is 4. The third kappa shape index (κ3) is 8.49. The van der Waals surface area contributed by atoms with Crippen molar-refractivity contribution >= 4 is 24.8 Å². The first kappa shape index (κ1) is 24.3. The van der Waals surface area contributed by atoms with Crippen molar-refractivity contribution in [3.63, 3.8) is 0 Å². The Morgan fingerprint density at radius 3 is 2.00 bits per heavy atom. The summed E-state index contributed by atoms with van der Waals surface area (Å²) >= 11 is 0. The van der Waals surface area contributed by atoms with Gasteiger partial charge in [0.25, 0.3) is 0 Å². The highest BCUT2D eigenvalue weighted by Crippen LogP contribution is 2.34. The van der Waals surface area contributed by atoms with Gasteiger partial charge in [-0.2, -0.15) is 13.2 Å². The predicted octanol–water partition coefficient (Wildman–Crippen LogP) is 4.61. The minimum atomic E-state index is -4.18. The molecule has 1 saturated heterocycles. The Kier molecular flexibility index (Phi) is 9.58. The Morgan fingerprint density at radius 1 is 1.04 bits per heavy atom. The number of hydrogen-bond donors (Lipinski definition) is 1. The lowest BCUT2D eigenvalue weighted by molar-refractivity contribution is -0.148. The molecule has 0 aliphatic carbocycles. The maximum absolute atomic E-state index is 13.0. The van der Waals surface area contributed by atoms with E-state index in [2.05, 4.69) is 5.32 Å². The van der Waals surface area contributed by atoms with Gasteiger partial charge in [-0.3, -0.25) is 4.90 Å². The van der Waals surface area contributed by atoms with Crippen molar-refractivity contribution in [1.29, 1.82) is 0 Å². The zero-order valence-electron chi connectivity index (χ0n) is 14.7. The average molecular weight is 403 g/mol. The van der Waals surface area contributed by atoms with Gasteiger partial charge in [0.15, 0.2) is 0 Å². The van der Waals surface area contributed by atoms with E-state index in [9.17, 15) is 13.2 Å². The second-order valence-corrected chi connectivity index (χ2v) is 6.90. The van der Waals surface area contributed by atoms with Crippen molar-refractivity contribution in [1.82, 2.24) is 10.2 Å². The third-order valence-corrected chi connectivity index (χ3v) is 3.71. The molecule has 2 rings (SSSR count). The van der Waals surface area contributed by atoms with Crippen molar-refractivity contribution < 1.29 is 17.9 Å². The number of nitrogens with zero attached hydrogens (tertiary/aromatic N) is 1. The Labute approximate surface area is 160 Å². The lowest BCUT2D eigenvalue weighted by Crippen LogP contribution is -2.46. The number of benzene rings is 1. The van der Waals surface area contributed by atoms with Crippen LogP contribution in [0, 0.1) is 0 Å². The highest BCUT2D eigenvalue weighted by Gasteiger charge is 2.35. The number of hydrogen-bond acceptors (Lipinski definition) is 3. The first-order valence-electron chi connectivity index (χ1n) is 7.94. The topological polar surface area (TPSA) is 24.5 Å². The Bertz CT molecular complexity index is 498. The van der Waals surface area contributed by atoms with E-state index in [-0.39, 0.29) is 30.4 Å². The van der Waals surface area contributed by atoms with Crippen LogP contribution in [0.4, 0.5) is 13.2 Å². The summed E-state index contributed by atoms with van der Waals surface area (Å²) in [7, 11) is 0. The quantitative estimate of drug-likeness (QED) is 0.795. The summed E-state index contributed by atoms with van der Waals surface area (Å²) in [5.74, 6) is 0.673. The van der Waals surface area contributed by atoms with Gasteiger partial charge in [0.1, 0.15) is 11.4 Å². The molecule has 3 nitrogen and oxygen atoms in total. The van der Waals surface area contributed by atoms with Gasteiger partial charge < -0.3 is 10.1 Å². The molecule has 1 fully saturated rings. The summed E-state index contributed by atoms with van der Waals surface area (Å²) in [4.78, 5) is 1.91. The van der Waals surface area contributed by atoms with Gasteiger partial charge in [0, 0.05) is 32.2 Å². The monoisotopic (exact) mass is 402 g/mol. The number of alkyl halides is 3. The maximum Gasteiger partial charge on any atom is 0.390 e. The van der Waals surface area contributed by atoms with Crippen molar-refractivity contribution in [2.24, 2.45) is 0 Å². The van der Waals surface area contributed by atoms with Gasteiger partial charge in [-0.15, -0.1) is 24.8 Å². The molecule has 0 unspecified atom stereocenters. The van der Waals surface area contributed by atoms with Gasteiger partial charge in [-0.05, 0) is 38.5 Å². The lowest BCUT2D eigenvalue weighted by Gasteiger charge is -2.35. The molecule has 0 amide bonds. The molecule has 0 spiro atoms. The van der Waals surface area contributed by atoms with Crippen LogP contribution in [0.5, 0.6) is 5.75 Å². The van der Waals surface area contributed by atoms with Gasteiger partial charge in [0.05, 0.1) is 6.42 Å². The van der Waals surface area contributed by atoms with E-state index in [0.717, 1.165) is 13.1 Å². The minimum absolute atomic E-state index is 0. The summed E-state index contributed by atoms with van der Waals surface area (Å²) < 4.78 is 44.7. The van der Waals surface area contributed by atoms with Gasteiger partial charge in [-0.25, -0.2) is 0 Å². The number of piperazine rings is 1. The van der Waals surface area contributed by atoms with Crippen molar-refractivity contribution in [2.75, 3.05) is 26.2 Å². The van der Waals surface area contributed by atoms with E-state index in [0.29, 0.717) is 24.4 Å². The zero-order chi connectivity index (χ0) is 17.1. The molecular weight excluding hydrogens is 376 g/mol. The van der Waals surface area contributed by atoms with Crippen LogP contribution >= 0.6 is 24.8 Å². The highest BCUT2D eigenvalue weighted by atomic mass is 35.5. The van der Waals surface area contributed by atoms with E-state index in [1.54, 1.807) is 24.3 Å². The standard InChI is InChI=1S/C17H25F3N2O.2ClH/c1-16(2,3)23-14-6-4-13(5-7-14)15(12-17(18,19)20)22-10-8-21-9-11-22;;/h4-7,15,21H,8-12H2,1-3H3;2*1H/t15-;;/m1../s1. The predicted molar refractivity (Wildman–Crippen MR) is 99.2 cm³/mol. The second-order valence-electron chi connectivity index (χ2n) is 6.90. The van der Waals surface area contributed by atoms with Crippen molar-refractivity contribution in [3.05, 3.63) is 29.8 Å². The maximum atomic E-state index is 13.0.